The fraction of sp³-hybridized carbons (Fsp3) is 0.167. The summed E-state index contributed by atoms with van der Waals surface area (Å²) in [5, 5.41) is 2.38. The molecule has 21 heavy (non-hydrogen) atoms. The van der Waals surface area contributed by atoms with Crippen LogP contribution in [0.25, 0.3) is 10.8 Å². The van der Waals surface area contributed by atoms with Crippen molar-refractivity contribution in [1.82, 2.24) is 10.4 Å². The van der Waals surface area contributed by atoms with E-state index in [0.29, 0.717) is 5.92 Å². The molecule has 3 heteroatoms. The summed E-state index contributed by atoms with van der Waals surface area (Å²) in [6.45, 7) is 0. The molecule has 3 N–H and O–H groups in total. The molecule has 0 fully saturated rings. The molecule has 3 nitrogen and oxygen atoms in total. The van der Waals surface area contributed by atoms with Crippen molar-refractivity contribution in [2.24, 2.45) is 5.84 Å². The van der Waals surface area contributed by atoms with Crippen molar-refractivity contribution in [3.05, 3.63) is 77.6 Å². The third-order valence-electron chi connectivity index (χ3n) is 4.53. The van der Waals surface area contributed by atoms with Crippen LogP contribution in [0.5, 0.6) is 0 Å². The van der Waals surface area contributed by atoms with Crippen LogP contribution in [0, 0.1) is 0 Å². The topological polar surface area (TPSA) is 50.9 Å². The molecule has 4 rings (SSSR count). The second-order valence-electron chi connectivity index (χ2n) is 5.60. The van der Waals surface area contributed by atoms with Crippen molar-refractivity contribution < 1.29 is 0 Å². The molecular formula is C18H17N3. The highest BCUT2D eigenvalue weighted by Gasteiger charge is 2.33. The molecule has 0 saturated carbocycles. The largest absolute Gasteiger partial charge is 0.271 e. The Morgan fingerprint density at radius 2 is 2.00 bits per heavy atom. The maximum Gasteiger partial charge on any atom is 0.0537 e. The van der Waals surface area contributed by atoms with Crippen molar-refractivity contribution in [3.63, 3.8) is 0 Å². The van der Waals surface area contributed by atoms with Crippen molar-refractivity contribution in [2.45, 2.75) is 18.4 Å². The first-order valence-electron chi connectivity index (χ1n) is 7.25. The van der Waals surface area contributed by atoms with Gasteiger partial charge in [-0.1, -0.05) is 42.5 Å². The van der Waals surface area contributed by atoms with Crippen LogP contribution in [-0.2, 0) is 6.42 Å². The quantitative estimate of drug-likeness (QED) is 0.570. The Kier molecular flexibility index (Phi) is 2.95. The summed E-state index contributed by atoms with van der Waals surface area (Å²) in [5.74, 6) is 6.33. The highest BCUT2D eigenvalue weighted by molar-refractivity contribution is 5.85. The third kappa shape index (κ3) is 1.94. The van der Waals surface area contributed by atoms with Gasteiger partial charge in [0.15, 0.2) is 0 Å². The van der Waals surface area contributed by atoms with E-state index in [1.807, 2.05) is 12.4 Å². The van der Waals surface area contributed by atoms with Gasteiger partial charge in [-0.2, -0.15) is 0 Å². The van der Waals surface area contributed by atoms with E-state index in [2.05, 4.69) is 58.9 Å². The number of rotatable bonds is 3. The molecule has 1 heterocycles. The van der Waals surface area contributed by atoms with Gasteiger partial charge in [0.1, 0.15) is 0 Å². The number of fused-ring (bicyclic) bond motifs is 2. The van der Waals surface area contributed by atoms with Crippen molar-refractivity contribution >= 4 is 10.8 Å². The van der Waals surface area contributed by atoms with E-state index in [9.17, 15) is 0 Å². The van der Waals surface area contributed by atoms with Crippen LogP contribution in [-0.4, -0.2) is 4.98 Å². The number of pyridine rings is 1. The number of nitrogens with one attached hydrogen (secondary N) is 1. The van der Waals surface area contributed by atoms with E-state index >= 15 is 0 Å². The Bertz CT molecular complexity index is 792. The Hall–Kier alpha value is -2.23. The lowest BCUT2D eigenvalue weighted by Gasteiger charge is -2.37. The standard InChI is InChI=1S/C18H17N3/c19-21-18(17-10-12-4-1-2-6-14(12)17)16-7-3-5-13-11-20-9-8-15(13)16/h1-9,11,17-18,21H,10,19H2. The minimum atomic E-state index is 0.131. The molecule has 3 aromatic rings. The van der Waals surface area contributed by atoms with E-state index in [4.69, 9.17) is 5.84 Å². The summed E-state index contributed by atoms with van der Waals surface area (Å²) in [5.41, 5.74) is 7.12. The van der Waals surface area contributed by atoms with Crippen LogP contribution in [0.4, 0.5) is 0 Å². The molecular weight excluding hydrogens is 258 g/mol. The predicted octanol–water partition coefficient (Wildman–Crippen LogP) is 3.08. The highest BCUT2D eigenvalue weighted by atomic mass is 15.2. The van der Waals surface area contributed by atoms with Crippen LogP contribution >= 0.6 is 0 Å². The molecule has 1 aliphatic rings. The fourth-order valence-electron chi connectivity index (χ4n) is 3.44. The van der Waals surface area contributed by atoms with Gasteiger partial charge >= 0.3 is 0 Å². The zero-order valence-corrected chi connectivity index (χ0v) is 11.7. The maximum absolute atomic E-state index is 5.90. The summed E-state index contributed by atoms with van der Waals surface area (Å²) in [6, 6.07) is 17.1. The van der Waals surface area contributed by atoms with Crippen molar-refractivity contribution in [2.75, 3.05) is 0 Å². The van der Waals surface area contributed by atoms with Gasteiger partial charge in [-0.05, 0) is 34.6 Å². The number of hydrogen-bond donors (Lipinski definition) is 2. The van der Waals surface area contributed by atoms with Gasteiger partial charge < -0.3 is 0 Å². The summed E-state index contributed by atoms with van der Waals surface area (Å²) < 4.78 is 0. The second kappa shape index (κ2) is 4.95. The van der Waals surface area contributed by atoms with Gasteiger partial charge in [-0.25, -0.2) is 0 Å². The first kappa shape index (κ1) is 12.5. The minimum absolute atomic E-state index is 0.131. The zero-order valence-electron chi connectivity index (χ0n) is 11.7. The Balaban J connectivity index is 1.80. The molecule has 0 radical (unpaired) electrons. The minimum Gasteiger partial charge on any atom is -0.271 e. The average Bonchev–Trinajstić information content (AvgIpc) is 2.52. The molecule has 1 aliphatic carbocycles. The van der Waals surface area contributed by atoms with Gasteiger partial charge in [-0.15, -0.1) is 0 Å². The van der Waals surface area contributed by atoms with Crippen LogP contribution in [0.15, 0.2) is 60.9 Å². The molecule has 1 aromatic heterocycles. The Labute approximate surface area is 123 Å². The third-order valence-corrected chi connectivity index (χ3v) is 4.53. The van der Waals surface area contributed by atoms with E-state index in [1.165, 1.54) is 22.1 Å². The summed E-state index contributed by atoms with van der Waals surface area (Å²) in [6.07, 6.45) is 4.82. The lowest BCUT2D eigenvalue weighted by atomic mass is 9.71. The van der Waals surface area contributed by atoms with E-state index in [1.54, 1.807) is 0 Å². The molecule has 0 amide bonds. The fourth-order valence-corrected chi connectivity index (χ4v) is 3.44. The molecule has 104 valence electrons. The predicted molar refractivity (Wildman–Crippen MR) is 84.7 cm³/mol. The second-order valence-corrected chi connectivity index (χ2v) is 5.60. The number of nitrogens with two attached hydrogens (primary N) is 1. The number of nitrogens with zero attached hydrogens (tertiary/aromatic N) is 1. The first-order chi connectivity index (χ1) is 10.4. The van der Waals surface area contributed by atoms with Crippen molar-refractivity contribution in [3.8, 4) is 0 Å². The zero-order chi connectivity index (χ0) is 14.2. The SMILES string of the molecule is NNC(c1cccc2cnccc12)C1Cc2ccccc21. The van der Waals surface area contributed by atoms with E-state index < -0.39 is 0 Å². The van der Waals surface area contributed by atoms with E-state index in [-0.39, 0.29) is 6.04 Å². The Morgan fingerprint density at radius 3 is 2.86 bits per heavy atom. The van der Waals surface area contributed by atoms with Gasteiger partial charge in [-0.3, -0.25) is 16.3 Å². The summed E-state index contributed by atoms with van der Waals surface area (Å²) in [7, 11) is 0. The van der Waals surface area contributed by atoms with Crippen LogP contribution in [0.3, 0.4) is 0 Å². The molecule has 0 saturated heterocycles. The highest BCUT2D eigenvalue weighted by Crippen LogP contribution is 2.44. The van der Waals surface area contributed by atoms with Crippen LogP contribution in [0.1, 0.15) is 28.7 Å². The van der Waals surface area contributed by atoms with Crippen LogP contribution < -0.4 is 11.3 Å². The number of hydrazine groups is 1. The molecule has 2 atom stereocenters. The number of aromatic nitrogens is 1. The lowest BCUT2D eigenvalue weighted by Crippen LogP contribution is -2.37. The summed E-state index contributed by atoms with van der Waals surface area (Å²) in [4.78, 5) is 4.20. The average molecular weight is 275 g/mol. The molecule has 0 spiro atoms. The lowest BCUT2D eigenvalue weighted by molar-refractivity contribution is 0.421. The van der Waals surface area contributed by atoms with Gasteiger partial charge in [0.05, 0.1) is 6.04 Å². The molecule has 2 unspecified atom stereocenters. The van der Waals surface area contributed by atoms with Crippen LogP contribution in [0.2, 0.25) is 0 Å². The molecule has 2 aromatic carbocycles. The van der Waals surface area contributed by atoms with Gasteiger partial charge in [0, 0.05) is 23.7 Å². The molecule has 0 aliphatic heterocycles. The number of benzene rings is 2. The normalized spacial score (nSPS) is 18.0. The van der Waals surface area contributed by atoms with E-state index in [0.717, 1.165) is 11.8 Å². The van der Waals surface area contributed by atoms with Crippen molar-refractivity contribution in [1.29, 1.82) is 0 Å². The smallest absolute Gasteiger partial charge is 0.0537 e. The Morgan fingerprint density at radius 1 is 1.10 bits per heavy atom. The van der Waals surface area contributed by atoms with Gasteiger partial charge in [0.2, 0.25) is 0 Å². The monoisotopic (exact) mass is 275 g/mol. The number of hydrogen-bond acceptors (Lipinski definition) is 3. The maximum atomic E-state index is 5.90. The molecule has 0 bridgehead atoms. The first-order valence-corrected chi connectivity index (χ1v) is 7.25. The van der Waals surface area contributed by atoms with Gasteiger partial charge in [0.25, 0.3) is 0 Å². The summed E-state index contributed by atoms with van der Waals surface area (Å²) >= 11 is 0.